The number of hydrogen-bond donors (Lipinski definition) is 1. The average molecular weight is 668 g/mol. The largest absolute Gasteiger partial charge is 0.490 e. The molecule has 2 aliphatic heterocycles. The molecule has 0 unspecified atom stereocenters. The number of carbonyl (C=O) groups is 1. The van der Waals surface area contributed by atoms with Gasteiger partial charge in [0.2, 0.25) is 10.0 Å². The Balaban J connectivity index is 1.26. The number of nitrogens with one attached hydrogen (secondary N) is 1. The molecular formula is C34H38ClN3O5S2. The molecule has 1 spiro atoms. The summed E-state index contributed by atoms with van der Waals surface area (Å²) in [6.07, 6.45) is 12.0. The van der Waals surface area contributed by atoms with E-state index < -0.39 is 15.9 Å². The first-order valence-electron chi connectivity index (χ1n) is 15.8. The van der Waals surface area contributed by atoms with E-state index >= 15 is 0 Å². The molecule has 2 aliphatic carbocycles. The molecule has 0 radical (unpaired) electrons. The van der Waals surface area contributed by atoms with E-state index in [0.29, 0.717) is 49.2 Å². The van der Waals surface area contributed by atoms with E-state index in [2.05, 4.69) is 32.8 Å². The van der Waals surface area contributed by atoms with Crippen LogP contribution in [0, 0.1) is 11.8 Å². The van der Waals surface area contributed by atoms with E-state index in [1.165, 1.54) is 11.1 Å². The molecule has 1 N–H and O–H groups in total. The van der Waals surface area contributed by atoms with Crippen molar-refractivity contribution in [3.8, 4) is 5.75 Å². The fourth-order valence-electron chi connectivity index (χ4n) is 7.48. The molecule has 7 rings (SSSR count). The minimum atomic E-state index is -3.80. The number of rotatable bonds is 3. The van der Waals surface area contributed by atoms with Crippen LogP contribution in [0.4, 0.5) is 5.69 Å². The number of carbonyl (C=O) groups excluding carboxylic acids is 1. The van der Waals surface area contributed by atoms with Crippen LogP contribution in [0.2, 0.25) is 5.02 Å². The van der Waals surface area contributed by atoms with Gasteiger partial charge >= 0.3 is 0 Å². The molecule has 3 aromatic rings. The zero-order valence-corrected chi connectivity index (χ0v) is 27.5. The highest BCUT2D eigenvalue weighted by molar-refractivity contribution is 7.90. The van der Waals surface area contributed by atoms with Gasteiger partial charge in [-0.3, -0.25) is 4.79 Å². The van der Waals surface area contributed by atoms with Gasteiger partial charge < -0.3 is 14.4 Å². The summed E-state index contributed by atoms with van der Waals surface area (Å²) in [7, 11) is -3.80. The molecule has 3 heterocycles. The Morgan fingerprint density at radius 2 is 2.09 bits per heavy atom. The van der Waals surface area contributed by atoms with Gasteiger partial charge in [-0.1, -0.05) is 29.8 Å². The van der Waals surface area contributed by atoms with Crippen molar-refractivity contribution in [3.63, 3.8) is 0 Å². The highest BCUT2D eigenvalue weighted by Crippen LogP contribution is 2.47. The van der Waals surface area contributed by atoms with Crippen molar-refractivity contribution in [1.29, 1.82) is 0 Å². The summed E-state index contributed by atoms with van der Waals surface area (Å²) in [6, 6.07) is 11.5. The third-order valence-electron chi connectivity index (χ3n) is 9.89. The van der Waals surface area contributed by atoms with Crippen LogP contribution < -0.4 is 14.4 Å². The van der Waals surface area contributed by atoms with E-state index in [0.717, 1.165) is 60.9 Å². The van der Waals surface area contributed by atoms with Gasteiger partial charge in [0.05, 0.1) is 30.8 Å². The predicted octanol–water partition coefficient (Wildman–Crippen LogP) is 6.29. The lowest BCUT2D eigenvalue weighted by Crippen LogP contribution is -2.49. The second kappa shape index (κ2) is 12.7. The second-order valence-electron chi connectivity index (χ2n) is 12.8. The number of halogens is 1. The molecule has 2 bridgehead atoms. The Kier molecular flexibility index (Phi) is 8.67. The predicted molar refractivity (Wildman–Crippen MR) is 177 cm³/mol. The molecule has 238 valence electrons. The number of nitrogens with zero attached hydrogens (tertiary/aromatic N) is 2. The van der Waals surface area contributed by atoms with Gasteiger partial charge in [0.1, 0.15) is 10.8 Å². The average Bonchev–Trinajstić information content (AvgIpc) is 3.48. The van der Waals surface area contributed by atoms with Crippen molar-refractivity contribution in [2.24, 2.45) is 11.8 Å². The van der Waals surface area contributed by atoms with E-state index in [9.17, 15) is 13.2 Å². The van der Waals surface area contributed by atoms with Crippen LogP contribution in [0.1, 0.15) is 65.0 Å². The van der Waals surface area contributed by atoms with Gasteiger partial charge in [0.15, 0.2) is 0 Å². The van der Waals surface area contributed by atoms with E-state index in [1.54, 1.807) is 29.7 Å². The van der Waals surface area contributed by atoms with Crippen LogP contribution in [0.3, 0.4) is 0 Å². The molecule has 1 fully saturated rings. The summed E-state index contributed by atoms with van der Waals surface area (Å²) in [5, 5.41) is 3.64. The normalized spacial score (nSPS) is 28.5. The number of aryl methyl sites for hydroxylation is 1. The monoisotopic (exact) mass is 667 g/mol. The number of sulfonamides is 1. The lowest BCUT2D eigenvalue weighted by molar-refractivity contribution is -0.0226. The first kappa shape index (κ1) is 30.7. The Morgan fingerprint density at radius 3 is 2.91 bits per heavy atom. The molecular weight excluding hydrogens is 630 g/mol. The summed E-state index contributed by atoms with van der Waals surface area (Å²) in [4.78, 5) is 20.0. The van der Waals surface area contributed by atoms with E-state index in [4.69, 9.17) is 21.1 Å². The van der Waals surface area contributed by atoms with Crippen LogP contribution in [0.15, 0.2) is 60.1 Å². The first-order valence-corrected chi connectivity index (χ1v) is 18.7. The van der Waals surface area contributed by atoms with Crippen molar-refractivity contribution >= 4 is 44.6 Å². The molecule has 0 saturated heterocycles. The second-order valence-corrected chi connectivity index (χ2v) is 16.1. The molecule has 11 heteroatoms. The number of fused-ring (bicyclic) bond motifs is 4. The summed E-state index contributed by atoms with van der Waals surface area (Å²) in [5.74, 6) is 0.643. The van der Waals surface area contributed by atoms with Crippen molar-refractivity contribution in [1.82, 2.24) is 9.71 Å². The third-order valence-corrected chi connectivity index (χ3v) is 12.2. The van der Waals surface area contributed by atoms with Crippen LogP contribution in [-0.2, 0) is 33.2 Å². The molecule has 4 aliphatic rings. The Bertz CT molecular complexity index is 1700. The van der Waals surface area contributed by atoms with Crippen LogP contribution in [0.5, 0.6) is 5.75 Å². The van der Waals surface area contributed by atoms with Gasteiger partial charge in [0, 0.05) is 40.7 Å². The number of ether oxygens (including phenoxy) is 2. The molecule has 1 amide bonds. The highest BCUT2D eigenvalue weighted by atomic mass is 35.5. The van der Waals surface area contributed by atoms with E-state index in [1.807, 2.05) is 23.6 Å². The SMILES string of the molecule is O=C1NS(=O)(=O)CCC/C=C/[C@@H](OCc2nccs2)[C@@H]2CC[C@H]2CN2C[C@@]3(CCCc4cc(Cl)ccc43)COc3ccc1cc32. The van der Waals surface area contributed by atoms with Gasteiger partial charge in [-0.2, -0.15) is 0 Å². The molecule has 1 saturated carbocycles. The van der Waals surface area contributed by atoms with Crippen molar-refractivity contribution in [2.45, 2.75) is 63.1 Å². The van der Waals surface area contributed by atoms with Gasteiger partial charge in [-0.25, -0.2) is 18.1 Å². The number of amides is 1. The Labute approximate surface area is 273 Å². The van der Waals surface area contributed by atoms with Crippen molar-refractivity contribution in [3.05, 3.63) is 86.8 Å². The number of benzene rings is 2. The van der Waals surface area contributed by atoms with Crippen LogP contribution in [0.25, 0.3) is 0 Å². The Morgan fingerprint density at radius 1 is 1.18 bits per heavy atom. The maximum atomic E-state index is 13.2. The minimum Gasteiger partial charge on any atom is -0.490 e. The van der Waals surface area contributed by atoms with Gasteiger partial charge in [0.25, 0.3) is 5.91 Å². The smallest absolute Gasteiger partial charge is 0.264 e. The zero-order valence-electron chi connectivity index (χ0n) is 25.1. The number of aromatic nitrogens is 1. The van der Waals surface area contributed by atoms with Crippen LogP contribution in [-0.4, -0.2) is 50.9 Å². The molecule has 4 atom stereocenters. The molecule has 45 heavy (non-hydrogen) atoms. The highest BCUT2D eigenvalue weighted by Gasteiger charge is 2.44. The van der Waals surface area contributed by atoms with E-state index in [-0.39, 0.29) is 17.3 Å². The number of anilines is 1. The lowest BCUT2D eigenvalue weighted by atomic mass is 9.68. The number of thiazole rings is 1. The maximum absolute atomic E-state index is 13.2. The number of allylic oxidation sites excluding steroid dienone is 1. The zero-order chi connectivity index (χ0) is 31.0. The molecule has 8 nitrogen and oxygen atoms in total. The minimum absolute atomic E-state index is 0.0996. The quantitative estimate of drug-likeness (QED) is 0.328. The van der Waals surface area contributed by atoms with Crippen molar-refractivity contribution < 1.29 is 22.7 Å². The maximum Gasteiger partial charge on any atom is 0.264 e. The van der Waals surface area contributed by atoms with Crippen LogP contribution >= 0.6 is 22.9 Å². The standard InChI is InChI=1S/C34H38ClN3O5S2/c35-26-9-11-28-23(17-26)5-4-13-34(28)21-38-19-25-7-10-27(25)30(42-20-32-36-14-15-44-32)6-2-1-3-16-45(40,41)37-33(39)24-8-12-31(43-22-34)29(38)18-24/h2,6,8-9,11-12,14-15,17-18,25,27,30H,1,3-5,7,10,13,16,19-22H2,(H,37,39)/b6-2+/t25-,27+,30+,34-/m0/s1. The summed E-state index contributed by atoms with van der Waals surface area (Å²) >= 11 is 8.01. The summed E-state index contributed by atoms with van der Waals surface area (Å²) in [6.45, 7) is 2.46. The first-order chi connectivity index (χ1) is 21.8. The van der Waals surface area contributed by atoms with Gasteiger partial charge in [-0.15, -0.1) is 11.3 Å². The summed E-state index contributed by atoms with van der Waals surface area (Å²) in [5.41, 5.74) is 3.43. The summed E-state index contributed by atoms with van der Waals surface area (Å²) < 4.78 is 41.0. The Hall–Kier alpha value is -2.92. The van der Waals surface area contributed by atoms with Gasteiger partial charge in [-0.05, 0) is 98.2 Å². The fraction of sp³-hybridized carbons (Fsp3) is 0.471. The van der Waals surface area contributed by atoms with Crippen molar-refractivity contribution in [2.75, 3.05) is 30.3 Å². The lowest BCUT2D eigenvalue weighted by Gasteiger charge is -2.46. The fourth-order valence-corrected chi connectivity index (χ4v) is 9.26. The topological polar surface area (TPSA) is 97.8 Å². The number of hydrogen-bond acceptors (Lipinski definition) is 8. The molecule has 1 aromatic heterocycles. The third kappa shape index (κ3) is 6.52. The molecule has 2 aromatic carbocycles.